The van der Waals surface area contributed by atoms with Crippen LogP contribution < -0.4 is 10.6 Å². The number of amides is 2. The van der Waals surface area contributed by atoms with Gasteiger partial charge in [-0.15, -0.1) is 0 Å². The van der Waals surface area contributed by atoms with E-state index in [4.69, 9.17) is 4.74 Å². The second-order valence-corrected chi connectivity index (χ2v) is 9.57. The molecule has 186 valence electrons. The number of alkyl carbamates (subject to hydrolysis) is 1. The van der Waals surface area contributed by atoms with Gasteiger partial charge in [-0.05, 0) is 47.4 Å². The van der Waals surface area contributed by atoms with Gasteiger partial charge in [0.2, 0.25) is 5.91 Å². The Hall–Kier alpha value is -3.35. The van der Waals surface area contributed by atoms with Gasteiger partial charge in [0.25, 0.3) is 0 Å². The molecule has 0 saturated heterocycles. The zero-order valence-corrected chi connectivity index (χ0v) is 20.2. The van der Waals surface area contributed by atoms with Crippen LogP contribution in [0.3, 0.4) is 0 Å². The molecule has 35 heavy (non-hydrogen) atoms. The van der Waals surface area contributed by atoms with E-state index >= 15 is 0 Å². The van der Waals surface area contributed by atoms with Crippen molar-refractivity contribution in [1.82, 2.24) is 10.6 Å². The molecule has 0 heterocycles. The normalized spacial score (nSPS) is 19.5. The smallest absolute Gasteiger partial charge is 0.407 e. The molecule has 0 aromatic heterocycles. The molecule has 0 bridgehead atoms. The van der Waals surface area contributed by atoms with Gasteiger partial charge in [0.1, 0.15) is 6.61 Å². The fraction of sp³-hybridized carbons (Fsp3) is 0.464. The molecule has 7 heteroatoms. The van der Waals surface area contributed by atoms with Crippen LogP contribution in [0.1, 0.15) is 56.1 Å². The lowest BCUT2D eigenvalue weighted by Gasteiger charge is -2.21. The fourth-order valence-electron chi connectivity index (χ4n) is 5.51. The highest BCUT2D eigenvalue weighted by molar-refractivity contribution is 5.81. The summed E-state index contributed by atoms with van der Waals surface area (Å²) in [7, 11) is 0. The van der Waals surface area contributed by atoms with E-state index in [2.05, 4.69) is 34.9 Å². The second-order valence-electron chi connectivity index (χ2n) is 9.57. The first-order valence-electron chi connectivity index (χ1n) is 12.6. The largest absolute Gasteiger partial charge is 0.481 e. The van der Waals surface area contributed by atoms with Gasteiger partial charge in [0.15, 0.2) is 0 Å². The number of ether oxygens (including phenoxy) is 1. The highest BCUT2D eigenvalue weighted by Gasteiger charge is 2.34. The van der Waals surface area contributed by atoms with Gasteiger partial charge in [0, 0.05) is 24.9 Å². The van der Waals surface area contributed by atoms with E-state index in [9.17, 15) is 19.5 Å². The van der Waals surface area contributed by atoms with Crippen molar-refractivity contribution in [3.63, 3.8) is 0 Å². The number of carbonyl (C=O) groups is 3. The average molecular weight is 479 g/mol. The van der Waals surface area contributed by atoms with Crippen molar-refractivity contribution >= 4 is 18.0 Å². The molecule has 2 aromatic carbocycles. The van der Waals surface area contributed by atoms with Crippen LogP contribution >= 0.6 is 0 Å². The summed E-state index contributed by atoms with van der Waals surface area (Å²) in [6.45, 7) is 2.69. The Balaban J connectivity index is 1.27. The molecule has 1 saturated carbocycles. The number of carbonyl (C=O) groups excluding carboxylic acids is 2. The summed E-state index contributed by atoms with van der Waals surface area (Å²) < 4.78 is 5.61. The molecule has 7 nitrogen and oxygen atoms in total. The zero-order chi connectivity index (χ0) is 24.8. The standard InChI is InChI=1S/C28H34N2O5/c1-2-8-19(27(32)33)16-29-26(31)20-14-7-9-18(20)15-30-28(34)35-17-25-23-12-5-3-10-21(23)22-11-4-6-13-24(22)25/h3-6,10-13,18-20,25H,2,7-9,14-17H2,1H3,(H,29,31)(H,30,34)(H,32,33)/t18-,19?,20-/m1/s1. The van der Waals surface area contributed by atoms with Crippen molar-refractivity contribution in [1.29, 1.82) is 0 Å². The maximum absolute atomic E-state index is 12.7. The van der Waals surface area contributed by atoms with E-state index in [1.54, 1.807) is 0 Å². The Labute approximate surface area is 206 Å². The minimum Gasteiger partial charge on any atom is -0.481 e. The Bertz CT molecular complexity index is 1020. The van der Waals surface area contributed by atoms with E-state index in [0.717, 1.165) is 36.8 Å². The van der Waals surface area contributed by atoms with Crippen molar-refractivity contribution in [2.45, 2.75) is 44.9 Å². The van der Waals surface area contributed by atoms with Gasteiger partial charge in [-0.25, -0.2) is 4.79 Å². The molecule has 2 aliphatic rings. The number of carboxylic acid groups (broad SMARTS) is 1. The zero-order valence-electron chi connectivity index (χ0n) is 20.2. The third-order valence-corrected chi connectivity index (χ3v) is 7.36. The van der Waals surface area contributed by atoms with Gasteiger partial charge in [-0.1, -0.05) is 68.3 Å². The summed E-state index contributed by atoms with van der Waals surface area (Å²) in [5.74, 6) is -1.77. The minimum atomic E-state index is -0.882. The molecule has 4 rings (SSSR count). The van der Waals surface area contributed by atoms with E-state index in [1.807, 2.05) is 31.2 Å². The number of rotatable bonds is 10. The summed E-state index contributed by atoms with van der Waals surface area (Å²) in [6.07, 6.45) is 3.31. The third-order valence-electron chi connectivity index (χ3n) is 7.36. The lowest BCUT2D eigenvalue weighted by atomic mass is 9.94. The predicted octanol–water partition coefficient (Wildman–Crippen LogP) is 4.56. The van der Waals surface area contributed by atoms with E-state index in [0.29, 0.717) is 13.0 Å². The molecular formula is C28H34N2O5. The number of hydrogen-bond acceptors (Lipinski definition) is 4. The summed E-state index contributed by atoms with van der Waals surface area (Å²) >= 11 is 0. The first-order chi connectivity index (χ1) is 17.0. The topological polar surface area (TPSA) is 105 Å². The quantitative estimate of drug-likeness (QED) is 0.464. The molecule has 2 aromatic rings. The van der Waals surface area contributed by atoms with Crippen LogP contribution in [-0.4, -0.2) is 42.8 Å². The van der Waals surface area contributed by atoms with E-state index in [-0.39, 0.29) is 36.8 Å². The number of fused-ring (bicyclic) bond motifs is 3. The molecule has 0 aliphatic heterocycles. The Morgan fingerprint density at radius 1 is 1.00 bits per heavy atom. The van der Waals surface area contributed by atoms with Crippen molar-refractivity contribution < 1.29 is 24.2 Å². The van der Waals surface area contributed by atoms with Crippen molar-refractivity contribution in [3.8, 4) is 11.1 Å². The molecule has 2 amide bonds. The van der Waals surface area contributed by atoms with Crippen LogP contribution in [0.5, 0.6) is 0 Å². The SMILES string of the molecule is CCCC(CNC(=O)[C@@H]1CCC[C@@H]1CNC(=O)OCC1c2ccccc2-c2ccccc21)C(=O)O. The van der Waals surface area contributed by atoms with E-state index in [1.165, 1.54) is 11.1 Å². The van der Waals surface area contributed by atoms with Crippen LogP contribution in [0.2, 0.25) is 0 Å². The van der Waals surface area contributed by atoms with Gasteiger partial charge in [-0.2, -0.15) is 0 Å². The first kappa shape index (κ1) is 24.8. The van der Waals surface area contributed by atoms with Crippen molar-refractivity contribution in [3.05, 3.63) is 59.7 Å². The average Bonchev–Trinajstić information content (AvgIpc) is 3.46. The monoisotopic (exact) mass is 478 g/mol. The molecule has 0 radical (unpaired) electrons. The Kier molecular flexibility index (Phi) is 8.06. The van der Waals surface area contributed by atoms with Crippen molar-refractivity contribution in [2.24, 2.45) is 17.8 Å². The summed E-state index contributed by atoms with van der Waals surface area (Å²) in [6, 6.07) is 16.4. The van der Waals surface area contributed by atoms with Gasteiger partial charge in [0.05, 0.1) is 5.92 Å². The number of aliphatic carboxylic acids is 1. The molecule has 1 unspecified atom stereocenters. The summed E-state index contributed by atoms with van der Waals surface area (Å²) in [4.78, 5) is 36.6. The molecule has 3 N–H and O–H groups in total. The molecule has 0 spiro atoms. The maximum atomic E-state index is 12.7. The number of benzene rings is 2. The van der Waals surface area contributed by atoms with Gasteiger partial charge in [-0.3, -0.25) is 9.59 Å². The lowest BCUT2D eigenvalue weighted by Crippen LogP contribution is -2.40. The van der Waals surface area contributed by atoms with Crippen LogP contribution in [-0.2, 0) is 14.3 Å². The number of nitrogens with one attached hydrogen (secondary N) is 2. The number of hydrogen-bond donors (Lipinski definition) is 3. The molecular weight excluding hydrogens is 444 g/mol. The lowest BCUT2D eigenvalue weighted by molar-refractivity contribution is -0.142. The highest BCUT2D eigenvalue weighted by Crippen LogP contribution is 2.44. The maximum Gasteiger partial charge on any atom is 0.407 e. The van der Waals surface area contributed by atoms with Gasteiger partial charge < -0.3 is 20.5 Å². The first-order valence-corrected chi connectivity index (χ1v) is 12.6. The van der Waals surface area contributed by atoms with Crippen LogP contribution in [0.25, 0.3) is 11.1 Å². The Morgan fingerprint density at radius 2 is 1.66 bits per heavy atom. The van der Waals surface area contributed by atoms with Gasteiger partial charge >= 0.3 is 12.1 Å². The van der Waals surface area contributed by atoms with Crippen LogP contribution in [0.4, 0.5) is 4.79 Å². The van der Waals surface area contributed by atoms with Crippen LogP contribution in [0.15, 0.2) is 48.5 Å². The summed E-state index contributed by atoms with van der Waals surface area (Å²) in [5.41, 5.74) is 4.69. The predicted molar refractivity (Wildman–Crippen MR) is 133 cm³/mol. The van der Waals surface area contributed by atoms with E-state index < -0.39 is 18.0 Å². The molecule has 1 fully saturated rings. The third kappa shape index (κ3) is 5.66. The molecule has 2 aliphatic carbocycles. The molecule has 3 atom stereocenters. The van der Waals surface area contributed by atoms with Crippen molar-refractivity contribution in [2.75, 3.05) is 19.7 Å². The van der Waals surface area contributed by atoms with Crippen LogP contribution in [0, 0.1) is 17.8 Å². The number of carboxylic acids is 1. The summed E-state index contributed by atoms with van der Waals surface area (Å²) in [5, 5.41) is 15.0. The second kappa shape index (κ2) is 11.4. The Morgan fingerprint density at radius 3 is 2.29 bits per heavy atom. The minimum absolute atomic E-state index is 0.00320. The fourth-order valence-corrected chi connectivity index (χ4v) is 5.51. The highest BCUT2D eigenvalue weighted by atomic mass is 16.5.